The monoisotopic (exact) mass is 675 g/mol. The van der Waals surface area contributed by atoms with Gasteiger partial charge in [0.1, 0.15) is 11.5 Å². The predicted octanol–water partition coefficient (Wildman–Crippen LogP) is 17.1. The van der Waals surface area contributed by atoms with E-state index < -0.39 is 0 Å². The van der Waals surface area contributed by atoms with Gasteiger partial charge in [0, 0.05) is 0 Å². The molecule has 280 valence electrons. The number of aryl methyl sites for hydroxylation is 2. The van der Waals surface area contributed by atoms with Crippen LogP contribution in [0.1, 0.15) is 230 Å². The molecule has 0 unspecified atom stereocenters. The molecule has 0 bridgehead atoms. The first-order chi connectivity index (χ1) is 24.3. The summed E-state index contributed by atoms with van der Waals surface area (Å²) in [5.41, 5.74) is 2.90. The number of rotatable bonds is 36. The molecule has 0 aliphatic heterocycles. The minimum absolute atomic E-state index is 0.946. The Morgan fingerprint density at radius 2 is 0.694 bits per heavy atom. The van der Waals surface area contributed by atoms with Crippen LogP contribution in [0.2, 0.25) is 0 Å². The second-order valence-corrected chi connectivity index (χ2v) is 15.5. The third-order valence-corrected chi connectivity index (χ3v) is 10.7. The van der Waals surface area contributed by atoms with Gasteiger partial charge in [0.25, 0.3) is 0 Å². The Morgan fingerprint density at radius 1 is 0.347 bits per heavy atom. The van der Waals surface area contributed by atoms with Crippen molar-refractivity contribution in [2.75, 3.05) is 0 Å². The highest BCUT2D eigenvalue weighted by molar-refractivity contribution is 5.40. The lowest BCUT2D eigenvalue weighted by Gasteiger charge is -2.13. The maximum Gasteiger partial charge on any atom is 0.130 e. The van der Waals surface area contributed by atoms with E-state index in [-0.39, 0.29) is 0 Å². The molecule has 0 atom stereocenters. The topological polar surface area (TPSA) is 9.23 Å². The van der Waals surface area contributed by atoms with E-state index in [1.54, 1.807) is 0 Å². The molecule has 1 heteroatoms. The summed E-state index contributed by atoms with van der Waals surface area (Å²) in [5, 5.41) is 0. The fourth-order valence-electron chi connectivity index (χ4n) is 7.44. The second-order valence-electron chi connectivity index (χ2n) is 15.5. The van der Waals surface area contributed by atoms with Gasteiger partial charge in [0.2, 0.25) is 0 Å². The largest absolute Gasteiger partial charge is 0.457 e. The molecule has 0 heterocycles. The molecule has 0 aliphatic carbocycles. The highest BCUT2D eigenvalue weighted by Gasteiger charge is 2.08. The van der Waals surface area contributed by atoms with Crippen LogP contribution >= 0.6 is 0 Å². The summed E-state index contributed by atoms with van der Waals surface area (Å²) < 4.78 is 6.38. The van der Waals surface area contributed by atoms with E-state index >= 15 is 0 Å². The number of unbranched alkanes of at least 4 members (excludes halogenated alkanes) is 30. The third kappa shape index (κ3) is 25.8. The van der Waals surface area contributed by atoms with Crippen LogP contribution in [-0.2, 0) is 12.8 Å². The van der Waals surface area contributed by atoms with Gasteiger partial charge in [-0.05, 0) is 55.0 Å². The van der Waals surface area contributed by atoms with Gasteiger partial charge < -0.3 is 4.74 Å². The van der Waals surface area contributed by atoms with E-state index in [0.29, 0.717) is 0 Å². The molecule has 0 amide bonds. The average molecular weight is 675 g/mol. The molecule has 0 saturated carbocycles. The van der Waals surface area contributed by atoms with Gasteiger partial charge in [-0.3, -0.25) is 0 Å². The zero-order valence-corrected chi connectivity index (χ0v) is 33.1. The Balaban J connectivity index is 1.55. The summed E-state index contributed by atoms with van der Waals surface area (Å²) in [7, 11) is 0. The van der Waals surface area contributed by atoms with Crippen LogP contribution in [0, 0.1) is 0 Å². The van der Waals surface area contributed by atoms with Gasteiger partial charge >= 0.3 is 0 Å². The van der Waals surface area contributed by atoms with Crippen LogP contribution in [0.3, 0.4) is 0 Å². The van der Waals surface area contributed by atoms with Crippen LogP contribution in [0.4, 0.5) is 0 Å². The maximum absolute atomic E-state index is 6.38. The van der Waals surface area contributed by atoms with Gasteiger partial charge in [-0.25, -0.2) is 0 Å². The van der Waals surface area contributed by atoms with Gasteiger partial charge in [-0.2, -0.15) is 0 Å². The molecule has 2 aromatic carbocycles. The minimum Gasteiger partial charge on any atom is -0.457 e. The van der Waals surface area contributed by atoms with Gasteiger partial charge in [0.15, 0.2) is 0 Å². The molecule has 0 radical (unpaired) electrons. The number of ether oxygens (including phenoxy) is 1. The average Bonchev–Trinajstić information content (AvgIpc) is 3.12. The second kappa shape index (κ2) is 33.4. The Morgan fingerprint density at radius 3 is 1.08 bits per heavy atom. The van der Waals surface area contributed by atoms with Crippen molar-refractivity contribution in [3.05, 3.63) is 59.7 Å². The van der Waals surface area contributed by atoms with Crippen molar-refractivity contribution in [3.63, 3.8) is 0 Å². The Bertz CT molecular complexity index is 949. The zero-order valence-electron chi connectivity index (χ0n) is 33.1. The first-order valence-electron chi connectivity index (χ1n) is 22.2. The third-order valence-electron chi connectivity index (χ3n) is 10.7. The van der Waals surface area contributed by atoms with E-state index in [1.807, 2.05) is 0 Å². The predicted molar refractivity (Wildman–Crippen MR) is 219 cm³/mol. The summed E-state index contributed by atoms with van der Waals surface area (Å²) in [5.74, 6) is 2.00. The van der Waals surface area contributed by atoms with Crippen molar-refractivity contribution in [3.8, 4) is 11.5 Å². The van der Waals surface area contributed by atoms with E-state index in [9.17, 15) is 0 Å². The summed E-state index contributed by atoms with van der Waals surface area (Å²) in [6.45, 7) is 4.61. The molecule has 1 nitrogen and oxygen atoms in total. The normalized spacial score (nSPS) is 11.4. The van der Waals surface area contributed by atoms with Crippen molar-refractivity contribution < 1.29 is 4.74 Å². The highest BCUT2D eigenvalue weighted by atomic mass is 16.5. The molecule has 49 heavy (non-hydrogen) atoms. The standard InChI is InChI=1S/C48H82O/c1-3-5-7-9-11-13-15-17-19-21-23-25-27-29-31-34-38-45-42-43-48(49-47-40-36-33-37-41-47)46(44-45)39-35-32-30-28-26-24-22-20-18-16-14-12-10-8-6-4-2/h33,36-37,40-44H,3-32,34-35,38-39H2,1-2H3. The summed E-state index contributed by atoms with van der Waals surface area (Å²) >= 11 is 0. The zero-order chi connectivity index (χ0) is 34.7. The van der Waals surface area contributed by atoms with E-state index in [1.165, 1.54) is 223 Å². The molecule has 2 rings (SSSR count). The van der Waals surface area contributed by atoms with Crippen LogP contribution in [0.15, 0.2) is 48.5 Å². The SMILES string of the molecule is CCCCCCCCCCCCCCCCCCc1ccc(Oc2ccccc2)c(CCCCCCCCCCCCCCCCCC)c1. The van der Waals surface area contributed by atoms with Crippen LogP contribution in [-0.4, -0.2) is 0 Å². The van der Waals surface area contributed by atoms with Crippen LogP contribution in [0.5, 0.6) is 11.5 Å². The summed E-state index contributed by atoms with van der Waals surface area (Å²) in [6, 6.07) is 17.4. The number of para-hydroxylation sites is 1. The smallest absolute Gasteiger partial charge is 0.130 e. The molecular weight excluding hydrogens is 593 g/mol. The van der Waals surface area contributed by atoms with Crippen LogP contribution < -0.4 is 4.74 Å². The Hall–Kier alpha value is -1.76. The minimum atomic E-state index is 0.946. The molecule has 0 N–H and O–H groups in total. The molecule has 0 spiro atoms. The molecule has 0 aliphatic rings. The van der Waals surface area contributed by atoms with Gasteiger partial charge in [-0.15, -0.1) is 0 Å². The molecule has 0 saturated heterocycles. The van der Waals surface area contributed by atoms with Crippen molar-refractivity contribution in [1.29, 1.82) is 0 Å². The van der Waals surface area contributed by atoms with Crippen molar-refractivity contribution in [2.45, 2.75) is 232 Å². The Kier molecular flexibility index (Phi) is 29.6. The van der Waals surface area contributed by atoms with E-state index in [4.69, 9.17) is 4.74 Å². The fourth-order valence-corrected chi connectivity index (χ4v) is 7.44. The molecule has 0 aromatic heterocycles. The quantitative estimate of drug-likeness (QED) is 0.0654. The molecule has 2 aromatic rings. The van der Waals surface area contributed by atoms with Crippen LogP contribution in [0.25, 0.3) is 0 Å². The Labute approximate surface area is 307 Å². The summed E-state index contributed by atoms with van der Waals surface area (Å²) in [4.78, 5) is 0. The lowest BCUT2D eigenvalue weighted by molar-refractivity contribution is 0.473. The molecular formula is C48H82O. The van der Waals surface area contributed by atoms with Crippen molar-refractivity contribution >= 4 is 0 Å². The van der Waals surface area contributed by atoms with Gasteiger partial charge in [-0.1, -0.05) is 237 Å². The fraction of sp³-hybridized carbons (Fsp3) is 0.750. The highest BCUT2D eigenvalue weighted by Crippen LogP contribution is 2.29. The summed E-state index contributed by atoms with van der Waals surface area (Å²) in [6.07, 6.45) is 47.9. The number of benzene rings is 2. The maximum atomic E-state index is 6.38. The molecule has 0 fully saturated rings. The van der Waals surface area contributed by atoms with Gasteiger partial charge in [0.05, 0.1) is 0 Å². The lowest BCUT2D eigenvalue weighted by atomic mass is 9.98. The number of hydrogen-bond donors (Lipinski definition) is 0. The van der Waals surface area contributed by atoms with Crippen molar-refractivity contribution in [2.24, 2.45) is 0 Å². The van der Waals surface area contributed by atoms with E-state index in [0.717, 1.165) is 17.9 Å². The first kappa shape index (κ1) is 43.4. The van der Waals surface area contributed by atoms with Crippen molar-refractivity contribution in [1.82, 2.24) is 0 Å². The lowest BCUT2D eigenvalue weighted by Crippen LogP contribution is -1.96. The first-order valence-corrected chi connectivity index (χ1v) is 22.2. The number of hydrogen-bond acceptors (Lipinski definition) is 1. The van der Waals surface area contributed by atoms with E-state index in [2.05, 4.69) is 62.4 Å².